The van der Waals surface area contributed by atoms with Gasteiger partial charge in [0.2, 0.25) is 11.8 Å². The SMILES string of the molecule is CC(=O)N(C)c1ccc(N=Cc2ccccc2O)cc1.CC(=O)Nc1cc(N=Cc2ccccc2O)c(Cl)cc1Cl.CC(=O)c1cccc(N=Cc2cc(Br)ccc2O)c1.Cc1cc(Cl)cc(C=Nc2ccc(Cl)cc2Cl)c1O.Cc1ccc(N=Cc2ccccc2O)cc1I.Cc1cccc(N=Cc2cc(Cl)cc(Cl)c2O)c1.O=[N+]([O-])c1cc(C=Nc2ccccc2Cl)ccc1Cl. The number of aromatic hydroxyl groups is 6. The number of hydrogen-bond donors (Lipinski definition) is 7. The third-order valence-electron chi connectivity index (χ3n) is 18.0. The number of nitrogens with one attached hydrogen (secondary N) is 1. The maximum absolute atomic E-state index is 11.3. The van der Waals surface area contributed by atoms with Crippen LogP contribution in [0.15, 0.2) is 318 Å². The molecule has 32 heteroatoms. The second-order valence-corrected chi connectivity index (χ2v) is 34.0. The Kier molecular flexibility index (Phi) is 42.3. The van der Waals surface area contributed by atoms with Crippen molar-refractivity contribution in [1.82, 2.24) is 0 Å². The van der Waals surface area contributed by atoms with E-state index in [4.69, 9.17) is 104 Å². The number of aryl methyl sites for hydroxylation is 3. The average Bonchev–Trinajstić information content (AvgIpc) is 0.843. The molecule has 0 unspecified atom stereocenters. The highest BCUT2D eigenvalue weighted by Crippen LogP contribution is 2.37. The van der Waals surface area contributed by atoms with Crippen molar-refractivity contribution in [2.75, 3.05) is 17.3 Å². The maximum atomic E-state index is 11.3. The predicted molar refractivity (Wildman–Crippen MR) is 561 cm³/mol. The molecule has 2 amide bonds. The first-order chi connectivity index (χ1) is 63.4. The number of rotatable bonds is 18. The van der Waals surface area contributed by atoms with Gasteiger partial charge in [-0.1, -0.05) is 205 Å². The van der Waals surface area contributed by atoms with Gasteiger partial charge in [0.05, 0.1) is 75.5 Å². The molecule has 0 aliphatic rings. The molecule has 14 aromatic carbocycles. The molecule has 7 N–H and O–H groups in total. The highest BCUT2D eigenvalue weighted by molar-refractivity contribution is 14.1. The fraction of sp³-hybridized carbons (Fsp3) is 0.0693. The van der Waals surface area contributed by atoms with Crippen molar-refractivity contribution in [3.05, 3.63) is 404 Å². The van der Waals surface area contributed by atoms with Crippen LogP contribution in [-0.2, 0) is 9.59 Å². The van der Waals surface area contributed by atoms with E-state index in [2.05, 4.69) is 85.7 Å². The highest BCUT2D eigenvalue weighted by atomic mass is 127. The number of phenolic OH excluding ortho intramolecular Hbond substituents is 6. The predicted octanol–water partition coefficient (Wildman–Crippen LogP) is 30.5. The summed E-state index contributed by atoms with van der Waals surface area (Å²) >= 11 is 58.8. The third kappa shape index (κ3) is 35.1. The van der Waals surface area contributed by atoms with Gasteiger partial charge < -0.3 is 40.9 Å². The summed E-state index contributed by atoms with van der Waals surface area (Å²) in [6, 6.07) is 80.3. The molecule has 0 saturated carbocycles. The van der Waals surface area contributed by atoms with Gasteiger partial charge in [0.25, 0.3) is 5.69 Å². The second-order valence-electron chi connectivity index (χ2n) is 28.1. The van der Waals surface area contributed by atoms with Gasteiger partial charge in [0.1, 0.15) is 39.5 Å². The van der Waals surface area contributed by atoms with Crippen LogP contribution in [0.1, 0.15) is 86.8 Å². The lowest BCUT2D eigenvalue weighted by atomic mass is 10.1. The summed E-state index contributed by atoms with van der Waals surface area (Å²) < 4.78 is 2.05. The van der Waals surface area contributed by atoms with Crippen molar-refractivity contribution in [2.24, 2.45) is 34.9 Å². The largest absolute Gasteiger partial charge is 0.507 e. The Morgan fingerprint density at radius 2 is 0.880 bits per heavy atom. The Bertz CT molecular complexity index is 6730. The van der Waals surface area contributed by atoms with Gasteiger partial charge in [-0.25, -0.2) is 0 Å². The summed E-state index contributed by atoms with van der Waals surface area (Å²) in [5.74, 6) is 0.605. The van der Waals surface area contributed by atoms with E-state index in [-0.39, 0.29) is 67.8 Å². The summed E-state index contributed by atoms with van der Waals surface area (Å²) in [4.78, 5) is 75.2. The number of carbonyl (C=O) groups excluding carboxylic acids is 3. The van der Waals surface area contributed by atoms with Gasteiger partial charge in [-0.15, -0.1) is 0 Å². The molecule has 0 spiro atoms. The number of nitro groups is 1. The first kappa shape index (κ1) is 106. The topological polar surface area (TPSA) is 318 Å². The normalized spacial score (nSPS) is 10.9. The van der Waals surface area contributed by atoms with Crippen LogP contribution in [-0.4, -0.2) is 104 Å². The van der Waals surface area contributed by atoms with E-state index in [1.807, 2.05) is 97.9 Å². The van der Waals surface area contributed by atoms with Gasteiger partial charge >= 0.3 is 0 Å². The monoisotopic (exact) mass is 2130 g/mol. The molecule has 0 atom stereocenters. The van der Waals surface area contributed by atoms with Gasteiger partial charge in [-0.2, -0.15) is 0 Å². The lowest BCUT2D eigenvalue weighted by Crippen LogP contribution is -2.22. The number of Topliss-reactive ketones (excluding diaryl/α,β-unsaturated/α-hetero) is 1. The van der Waals surface area contributed by atoms with Gasteiger partial charge in [0.15, 0.2) is 5.78 Å². The Labute approximate surface area is 835 Å². The minimum atomic E-state index is -0.533. The molecule has 0 bridgehead atoms. The number of nitro benzene ring substituents is 1. The van der Waals surface area contributed by atoms with Crippen molar-refractivity contribution >= 4 is 261 Å². The Hall–Kier alpha value is -12.6. The number of aliphatic imine (C=N–C) groups is 7. The molecular weight excluding hydrogens is 2060 g/mol. The number of anilines is 2. The van der Waals surface area contributed by atoms with E-state index in [1.54, 1.807) is 208 Å². The molecule has 14 rings (SSSR count). The quantitative estimate of drug-likeness (QED) is 0.0139. The Morgan fingerprint density at radius 3 is 1.45 bits per heavy atom. The Morgan fingerprint density at radius 1 is 0.391 bits per heavy atom. The van der Waals surface area contributed by atoms with E-state index >= 15 is 0 Å². The number of halogens is 11. The van der Waals surface area contributed by atoms with Gasteiger partial charge in [0, 0.05) is 138 Å². The number of ketones is 1. The van der Waals surface area contributed by atoms with E-state index < -0.39 is 4.92 Å². The van der Waals surface area contributed by atoms with Crippen LogP contribution in [0.4, 0.5) is 56.9 Å². The highest BCUT2D eigenvalue weighted by Gasteiger charge is 2.15. The Balaban J connectivity index is 0.000000191. The number of para-hydroxylation sites is 4. The molecule has 14 aromatic rings. The average molecular weight is 2140 g/mol. The first-order valence-corrected chi connectivity index (χ1v) is 44.6. The molecular formula is C101H81BrCl9IN10O11. The lowest BCUT2D eigenvalue weighted by Gasteiger charge is -2.14. The van der Waals surface area contributed by atoms with E-state index in [0.29, 0.717) is 108 Å². The number of benzene rings is 14. The summed E-state index contributed by atoms with van der Waals surface area (Å²) in [6.45, 7) is 10.3. The van der Waals surface area contributed by atoms with Crippen LogP contribution in [0.25, 0.3) is 0 Å². The number of carbonyl (C=O) groups is 3. The van der Waals surface area contributed by atoms with Gasteiger partial charge in [-0.05, 0) is 261 Å². The number of hydrogen-bond acceptors (Lipinski definition) is 18. The maximum Gasteiger partial charge on any atom is 0.288 e. The van der Waals surface area contributed by atoms with Crippen molar-refractivity contribution < 1.29 is 49.9 Å². The molecule has 133 heavy (non-hydrogen) atoms. The zero-order valence-corrected chi connectivity index (χ0v) is 82.1. The minimum absolute atomic E-state index is 0.00218. The van der Waals surface area contributed by atoms with E-state index in [9.17, 15) is 55.1 Å². The van der Waals surface area contributed by atoms with Crippen molar-refractivity contribution in [3.8, 4) is 34.5 Å². The zero-order valence-electron chi connectivity index (χ0n) is 71.5. The van der Waals surface area contributed by atoms with Crippen LogP contribution in [0, 0.1) is 34.5 Å². The van der Waals surface area contributed by atoms with Crippen molar-refractivity contribution in [2.45, 2.75) is 41.5 Å². The second kappa shape index (κ2) is 53.2. The number of nitrogens with zero attached hydrogens (tertiary/aromatic N) is 9. The summed E-state index contributed by atoms with van der Waals surface area (Å²) in [6.07, 6.45) is 10.9. The van der Waals surface area contributed by atoms with E-state index in [1.165, 1.54) is 72.8 Å². The van der Waals surface area contributed by atoms with Crippen LogP contribution >= 0.6 is 143 Å². The molecule has 0 radical (unpaired) electrons. The molecule has 678 valence electrons. The molecule has 0 fully saturated rings. The fourth-order valence-electron chi connectivity index (χ4n) is 10.9. The van der Waals surface area contributed by atoms with E-state index in [0.717, 1.165) is 38.3 Å². The van der Waals surface area contributed by atoms with Gasteiger partial charge in [-0.3, -0.25) is 59.4 Å². The smallest absolute Gasteiger partial charge is 0.288 e. The minimum Gasteiger partial charge on any atom is -0.507 e. The number of amides is 2. The molecule has 0 saturated heterocycles. The number of phenols is 6. The molecule has 0 aliphatic carbocycles. The summed E-state index contributed by atoms with van der Waals surface area (Å²) in [5.41, 5.74) is 13.7. The lowest BCUT2D eigenvalue weighted by molar-refractivity contribution is -0.384. The molecule has 0 aliphatic heterocycles. The fourth-order valence-corrected chi connectivity index (χ4v) is 13.9. The third-order valence-corrected chi connectivity index (χ3v) is 22.2. The van der Waals surface area contributed by atoms with Crippen LogP contribution in [0.5, 0.6) is 34.5 Å². The summed E-state index contributed by atoms with van der Waals surface area (Å²) in [7, 11) is 1.72. The molecule has 0 aromatic heterocycles. The molecule has 21 nitrogen and oxygen atoms in total. The van der Waals surface area contributed by atoms with Crippen LogP contribution in [0.3, 0.4) is 0 Å². The van der Waals surface area contributed by atoms with Crippen LogP contribution < -0.4 is 10.2 Å². The molecule has 0 heterocycles. The summed E-state index contributed by atoms with van der Waals surface area (Å²) in [5, 5.41) is 75.1. The standard InChI is InChI=1S/C16H16N2O2.C15H12BrNO2.C15H12Cl2N2O2.C14H10Cl3NO.C14H11Cl2NO.C14H12INO.C13H8Cl2N2O2/c1-12(19)18(2)15-9-7-14(8-10-15)17-11-13-5-3-4-6-16(13)20;1-10(18)11-3-2-4-14(8-11)17-9-12-7-13(16)5-6-15(12)19;1-9(20)19-14-7-13(11(16)6-12(14)17)18-8-10-4-2-3-5-15(10)21;1-8-4-11(16)5-9(14(8)19)7-18-13-3-2-10(15)6-12(13)17;1-9-3-2-4-12(5-9)17-8-10-6-11(15)7-13(16)14(10)18;1-10-6-7-12(8-13(10)15)16-9-11-4-2-3-5-14(11)17;14-10-3-1-2-4-12(10)16-8-9-5-6-11(15)13(7-9)17(18)19/h3-11,20H,1-2H3;2-9,19H,1H3;2-8,21H,1H3,(H,19,20);2-7,19H,1H3;2-8,18H,1H3;2-9,17H,1H3;1-8H. The zero-order chi connectivity index (χ0) is 97.0. The van der Waals surface area contributed by atoms with Crippen LogP contribution in [0.2, 0.25) is 45.2 Å². The first-order valence-electron chi connectivity index (χ1n) is 39.3. The van der Waals surface area contributed by atoms with Crippen molar-refractivity contribution in [3.63, 3.8) is 0 Å². The van der Waals surface area contributed by atoms with Crippen molar-refractivity contribution in [1.29, 1.82) is 0 Å².